The number of amides is 1. The molecule has 0 aliphatic carbocycles. The number of hydrogen-bond acceptors (Lipinski definition) is 3. The van der Waals surface area contributed by atoms with Crippen LogP contribution in [0.5, 0.6) is 0 Å². The molecule has 1 N–H and O–H groups in total. The Hall–Kier alpha value is -2.18. The molecule has 0 unspecified atom stereocenters. The number of hydrogen-bond donors (Lipinski definition) is 1. The van der Waals surface area contributed by atoms with E-state index in [9.17, 15) is 13.2 Å². The Kier molecular flexibility index (Phi) is 7.78. The van der Waals surface area contributed by atoms with Gasteiger partial charge in [-0.3, -0.25) is 4.79 Å². The first-order chi connectivity index (χ1) is 13.3. The molecule has 0 aliphatic rings. The summed E-state index contributed by atoms with van der Waals surface area (Å²) in [5, 5.41) is 2.97. The minimum absolute atomic E-state index is 0.105. The summed E-state index contributed by atoms with van der Waals surface area (Å²) in [6, 6.07) is 14.1. The molecule has 1 atom stereocenters. The van der Waals surface area contributed by atoms with E-state index in [2.05, 4.69) is 12.2 Å². The Morgan fingerprint density at radius 1 is 1.04 bits per heavy atom. The van der Waals surface area contributed by atoms with E-state index in [1.165, 1.54) is 4.31 Å². The van der Waals surface area contributed by atoms with E-state index in [1.54, 1.807) is 36.4 Å². The molecule has 0 bridgehead atoms. The van der Waals surface area contributed by atoms with Gasteiger partial charge in [0.05, 0.1) is 4.90 Å². The Morgan fingerprint density at radius 2 is 1.64 bits per heavy atom. The van der Waals surface area contributed by atoms with E-state index in [4.69, 9.17) is 0 Å². The van der Waals surface area contributed by atoms with Crippen LogP contribution in [0.15, 0.2) is 53.4 Å². The summed E-state index contributed by atoms with van der Waals surface area (Å²) in [5.74, 6) is -0.105. The van der Waals surface area contributed by atoms with Gasteiger partial charge in [0.2, 0.25) is 10.0 Å². The lowest BCUT2D eigenvalue weighted by Crippen LogP contribution is -2.32. The van der Waals surface area contributed by atoms with Crippen molar-refractivity contribution in [2.45, 2.75) is 58.0 Å². The van der Waals surface area contributed by atoms with E-state index in [0.717, 1.165) is 24.0 Å². The second-order valence-electron chi connectivity index (χ2n) is 7.10. The SMILES string of the molecule is CCC[C@@H](C)NC(=O)c1ccc(CN(CC)S(=O)(=O)c2ccc(C)cc2)cc1. The van der Waals surface area contributed by atoms with Crippen molar-refractivity contribution in [3.63, 3.8) is 0 Å². The van der Waals surface area contributed by atoms with Crippen molar-refractivity contribution in [3.8, 4) is 0 Å². The molecule has 2 aromatic rings. The van der Waals surface area contributed by atoms with Gasteiger partial charge < -0.3 is 5.32 Å². The largest absolute Gasteiger partial charge is 0.350 e. The van der Waals surface area contributed by atoms with Gasteiger partial charge in [-0.05, 0) is 50.1 Å². The average molecular weight is 403 g/mol. The van der Waals surface area contributed by atoms with Crippen LogP contribution in [0.1, 0.15) is 55.1 Å². The van der Waals surface area contributed by atoms with Crippen LogP contribution in [0, 0.1) is 6.92 Å². The zero-order valence-electron chi connectivity index (χ0n) is 17.1. The first-order valence-corrected chi connectivity index (χ1v) is 11.2. The molecule has 5 nitrogen and oxygen atoms in total. The lowest BCUT2D eigenvalue weighted by molar-refractivity contribution is 0.0938. The third-order valence-electron chi connectivity index (χ3n) is 4.69. The minimum atomic E-state index is -3.56. The molecule has 0 fully saturated rings. The topological polar surface area (TPSA) is 66.5 Å². The molecule has 0 aromatic heterocycles. The van der Waals surface area contributed by atoms with E-state index in [0.29, 0.717) is 17.0 Å². The second-order valence-corrected chi connectivity index (χ2v) is 9.04. The lowest BCUT2D eigenvalue weighted by Gasteiger charge is -2.21. The summed E-state index contributed by atoms with van der Waals surface area (Å²) < 4.78 is 27.2. The highest BCUT2D eigenvalue weighted by atomic mass is 32.2. The highest BCUT2D eigenvalue weighted by Gasteiger charge is 2.23. The summed E-state index contributed by atoms with van der Waals surface area (Å²) in [7, 11) is -3.56. The Labute approximate surface area is 168 Å². The molecule has 1 amide bonds. The van der Waals surface area contributed by atoms with Gasteiger partial charge >= 0.3 is 0 Å². The zero-order valence-corrected chi connectivity index (χ0v) is 17.9. The van der Waals surface area contributed by atoms with Crippen molar-refractivity contribution in [1.29, 1.82) is 0 Å². The van der Waals surface area contributed by atoms with Gasteiger partial charge in [-0.25, -0.2) is 8.42 Å². The van der Waals surface area contributed by atoms with Gasteiger partial charge in [0.25, 0.3) is 5.91 Å². The maximum atomic E-state index is 12.9. The van der Waals surface area contributed by atoms with E-state index >= 15 is 0 Å². The van der Waals surface area contributed by atoms with Crippen molar-refractivity contribution < 1.29 is 13.2 Å². The normalized spacial score (nSPS) is 12.8. The first kappa shape index (κ1) is 22.1. The van der Waals surface area contributed by atoms with Crippen molar-refractivity contribution in [1.82, 2.24) is 9.62 Å². The van der Waals surface area contributed by atoms with Gasteiger partial charge in [0.1, 0.15) is 0 Å². The first-order valence-electron chi connectivity index (χ1n) is 9.74. The van der Waals surface area contributed by atoms with Crippen LogP contribution in [0.25, 0.3) is 0 Å². The van der Waals surface area contributed by atoms with Crippen molar-refractivity contribution in [2.75, 3.05) is 6.54 Å². The monoisotopic (exact) mass is 402 g/mol. The van der Waals surface area contributed by atoms with Crippen LogP contribution in [0.2, 0.25) is 0 Å². The second kappa shape index (κ2) is 9.85. The molecule has 0 saturated carbocycles. The van der Waals surface area contributed by atoms with Gasteiger partial charge in [-0.1, -0.05) is 50.1 Å². The van der Waals surface area contributed by atoms with Crippen LogP contribution >= 0.6 is 0 Å². The molecular formula is C22H30N2O3S. The fourth-order valence-electron chi connectivity index (χ4n) is 3.00. The molecule has 2 rings (SSSR count). The fourth-order valence-corrected chi connectivity index (χ4v) is 4.44. The lowest BCUT2D eigenvalue weighted by atomic mass is 10.1. The Morgan fingerprint density at radius 3 is 2.18 bits per heavy atom. The molecule has 0 heterocycles. The summed E-state index contributed by atoms with van der Waals surface area (Å²) in [4.78, 5) is 12.6. The molecule has 0 saturated heterocycles. The highest BCUT2D eigenvalue weighted by Crippen LogP contribution is 2.19. The van der Waals surface area contributed by atoms with Crippen LogP contribution in [-0.4, -0.2) is 31.2 Å². The number of nitrogens with zero attached hydrogens (tertiary/aromatic N) is 1. The quantitative estimate of drug-likeness (QED) is 0.686. The van der Waals surface area contributed by atoms with Crippen LogP contribution in [0.3, 0.4) is 0 Å². The van der Waals surface area contributed by atoms with Gasteiger partial charge in [-0.15, -0.1) is 0 Å². The summed E-state index contributed by atoms with van der Waals surface area (Å²) in [6.07, 6.45) is 1.95. The fraction of sp³-hybridized carbons (Fsp3) is 0.409. The number of carbonyl (C=O) groups excluding carboxylic acids is 1. The Balaban J connectivity index is 2.11. The van der Waals surface area contributed by atoms with Crippen LogP contribution in [-0.2, 0) is 16.6 Å². The van der Waals surface area contributed by atoms with Crippen molar-refractivity contribution in [2.24, 2.45) is 0 Å². The maximum absolute atomic E-state index is 12.9. The third-order valence-corrected chi connectivity index (χ3v) is 6.62. The number of rotatable bonds is 9. The van der Waals surface area contributed by atoms with Gasteiger partial charge in [-0.2, -0.15) is 4.31 Å². The van der Waals surface area contributed by atoms with E-state index in [1.807, 2.05) is 32.9 Å². The standard InChI is InChI=1S/C22H30N2O3S/c1-5-7-18(4)23-22(25)20-12-10-19(11-13-20)16-24(6-2)28(26,27)21-14-8-17(3)9-15-21/h8-15,18H,5-7,16H2,1-4H3,(H,23,25)/t18-/m1/s1. The number of aryl methyl sites for hydroxylation is 1. The average Bonchev–Trinajstić information content (AvgIpc) is 2.66. The number of sulfonamides is 1. The maximum Gasteiger partial charge on any atom is 0.251 e. The van der Waals surface area contributed by atoms with Gasteiger partial charge in [0, 0.05) is 24.7 Å². The highest BCUT2D eigenvalue weighted by molar-refractivity contribution is 7.89. The van der Waals surface area contributed by atoms with Crippen molar-refractivity contribution in [3.05, 3.63) is 65.2 Å². The summed E-state index contributed by atoms with van der Waals surface area (Å²) in [5.41, 5.74) is 2.44. The molecule has 152 valence electrons. The molecular weight excluding hydrogens is 372 g/mol. The molecule has 0 aliphatic heterocycles. The smallest absolute Gasteiger partial charge is 0.251 e. The molecule has 28 heavy (non-hydrogen) atoms. The third kappa shape index (κ3) is 5.66. The predicted molar refractivity (Wildman–Crippen MR) is 113 cm³/mol. The predicted octanol–water partition coefficient (Wildman–Crippen LogP) is 4.12. The van der Waals surface area contributed by atoms with Crippen LogP contribution in [0.4, 0.5) is 0 Å². The summed E-state index contributed by atoms with van der Waals surface area (Å²) >= 11 is 0. The van der Waals surface area contributed by atoms with Crippen molar-refractivity contribution >= 4 is 15.9 Å². The Bertz CT molecular complexity index is 875. The zero-order chi connectivity index (χ0) is 20.7. The molecule has 0 radical (unpaired) electrons. The van der Waals surface area contributed by atoms with Crippen LogP contribution < -0.4 is 5.32 Å². The molecule has 6 heteroatoms. The molecule has 2 aromatic carbocycles. The number of carbonyl (C=O) groups is 1. The van der Waals surface area contributed by atoms with E-state index in [-0.39, 0.29) is 18.5 Å². The summed E-state index contributed by atoms with van der Waals surface area (Å²) in [6.45, 7) is 8.46. The van der Waals surface area contributed by atoms with Gasteiger partial charge in [0.15, 0.2) is 0 Å². The molecule has 0 spiro atoms. The number of nitrogens with one attached hydrogen (secondary N) is 1. The minimum Gasteiger partial charge on any atom is -0.350 e. The van der Waals surface area contributed by atoms with E-state index < -0.39 is 10.0 Å². The number of benzene rings is 2.